The topological polar surface area (TPSA) is 61.4 Å². The van der Waals surface area contributed by atoms with Crippen LogP contribution < -0.4 is 10.6 Å². The molecule has 0 bridgehead atoms. The van der Waals surface area contributed by atoms with Crippen molar-refractivity contribution in [3.8, 4) is 0 Å². The molecule has 4 nitrogen and oxygen atoms in total. The Bertz CT molecular complexity index is 412. The van der Waals surface area contributed by atoms with Crippen LogP contribution in [0.3, 0.4) is 0 Å². The lowest BCUT2D eigenvalue weighted by Gasteiger charge is -2.20. The second-order valence-corrected chi connectivity index (χ2v) is 5.33. The van der Waals surface area contributed by atoms with Crippen LogP contribution in [0, 0.1) is 0 Å². The molecule has 19 heavy (non-hydrogen) atoms. The average Bonchev–Trinajstić information content (AvgIpc) is 2.38. The van der Waals surface area contributed by atoms with Crippen LogP contribution in [0.4, 0.5) is 4.79 Å². The molecule has 0 aromatic heterocycles. The molecule has 0 saturated carbocycles. The molecule has 1 aromatic carbocycles. The van der Waals surface area contributed by atoms with Gasteiger partial charge in [0.1, 0.15) is 0 Å². The molecule has 0 saturated heterocycles. The normalized spacial score (nSPS) is 13.7. The predicted molar refractivity (Wildman–Crippen MR) is 80.0 cm³/mol. The van der Waals surface area contributed by atoms with E-state index in [-0.39, 0.29) is 24.7 Å². The summed E-state index contributed by atoms with van der Waals surface area (Å²) in [6.07, 6.45) is 1.38. The first-order chi connectivity index (χ1) is 9.08. The maximum absolute atomic E-state index is 11.9. The Labute approximate surface area is 122 Å². The highest BCUT2D eigenvalue weighted by Crippen LogP contribution is 2.22. The van der Waals surface area contributed by atoms with E-state index in [1.807, 2.05) is 38.1 Å². The van der Waals surface area contributed by atoms with Gasteiger partial charge in [-0.25, -0.2) is 4.79 Å². The lowest BCUT2D eigenvalue weighted by atomic mass is 10.1. The number of carbonyl (C=O) groups is 1. The summed E-state index contributed by atoms with van der Waals surface area (Å²) in [7, 11) is 0. The maximum atomic E-state index is 11.9. The Morgan fingerprint density at radius 3 is 2.63 bits per heavy atom. The Kier molecular flexibility index (Phi) is 6.87. The molecule has 2 unspecified atom stereocenters. The average molecular weight is 329 g/mol. The third-order valence-corrected chi connectivity index (χ3v) is 3.75. The van der Waals surface area contributed by atoms with Gasteiger partial charge < -0.3 is 15.7 Å². The van der Waals surface area contributed by atoms with Gasteiger partial charge in [-0.3, -0.25) is 0 Å². The number of aliphatic hydroxyl groups excluding tert-OH is 1. The summed E-state index contributed by atoms with van der Waals surface area (Å²) in [5.41, 5.74) is 1.04. The zero-order valence-electron chi connectivity index (χ0n) is 11.3. The molecule has 5 heteroatoms. The second kappa shape index (κ2) is 8.17. The first-order valence-corrected chi connectivity index (χ1v) is 7.30. The molecule has 0 aliphatic carbocycles. The highest BCUT2D eigenvalue weighted by atomic mass is 79.9. The predicted octanol–water partition coefficient (Wildman–Crippen LogP) is 2.97. The van der Waals surface area contributed by atoms with E-state index in [0.29, 0.717) is 6.42 Å². The Morgan fingerprint density at radius 1 is 1.37 bits per heavy atom. The van der Waals surface area contributed by atoms with Crippen LogP contribution in [-0.2, 0) is 0 Å². The summed E-state index contributed by atoms with van der Waals surface area (Å²) in [6.45, 7) is 4.00. The van der Waals surface area contributed by atoms with Gasteiger partial charge in [-0.2, -0.15) is 0 Å². The molecular weight excluding hydrogens is 308 g/mol. The van der Waals surface area contributed by atoms with Gasteiger partial charge in [-0.1, -0.05) is 41.1 Å². The Balaban J connectivity index is 2.55. The maximum Gasteiger partial charge on any atom is 0.315 e. The van der Waals surface area contributed by atoms with Crippen molar-refractivity contribution in [1.29, 1.82) is 0 Å². The van der Waals surface area contributed by atoms with Gasteiger partial charge in [-0.15, -0.1) is 0 Å². The number of nitrogens with one attached hydrogen (secondary N) is 2. The Hall–Kier alpha value is -1.07. The van der Waals surface area contributed by atoms with Crippen molar-refractivity contribution in [2.24, 2.45) is 0 Å². The molecule has 3 N–H and O–H groups in total. The van der Waals surface area contributed by atoms with Crippen molar-refractivity contribution in [1.82, 2.24) is 10.6 Å². The van der Waals surface area contributed by atoms with Crippen molar-refractivity contribution in [3.05, 3.63) is 34.3 Å². The number of hydrogen-bond acceptors (Lipinski definition) is 2. The quantitative estimate of drug-likeness (QED) is 0.751. The summed E-state index contributed by atoms with van der Waals surface area (Å²) < 4.78 is 0.977. The molecule has 106 valence electrons. The molecule has 0 radical (unpaired) electrons. The lowest BCUT2D eigenvalue weighted by molar-refractivity contribution is 0.225. The number of amides is 2. The van der Waals surface area contributed by atoms with Crippen LogP contribution in [0.2, 0.25) is 0 Å². The minimum absolute atomic E-state index is 0.0106. The number of hydrogen-bond donors (Lipinski definition) is 3. The molecule has 0 spiro atoms. The van der Waals surface area contributed by atoms with Crippen molar-refractivity contribution >= 4 is 22.0 Å². The molecule has 0 fully saturated rings. The van der Waals surface area contributed by atoms with E-state index < -0.39 is 0 Å². The lowest BCUT2D eigenvalue weighted by Crippen LogP contribution is -2.43. The minimum Gasteiger partial charge on any atom is -0.396 e. The van der Waals surface area contributed by atoms with Gasteiger partial charge in [0.05, 0.1) is 6.04 Å². The number of aliphatic hydroxyl groups is 1. The van der Waals surface area contributed by atoms with Crippen LogP contribution in [0.25, 0.3) is 0 Å². The Morgan fingerprint density at radius 2 is 2.05 bits per heavy atom. The number of halogens is 1. The van der Waals surface area contributed by atoms with E-state index in [1.165, 1.54) is 0 Å². The zero-order chi connectivity index (χ0) is 14.3. The van der Waals surface area contributed by atoms with Gasteiger partial charge in [0.2, 0.25) is 0 Å². The van der Waals surface area contributed by atoms with E-state index in [2.05, 4.69) is 26.6 Å². The number of benzene rings is 1. The van der Waals surface area contributed by atoms with Crippen LogP contribution in [0.15, 0.2) is 28.7 Å². The van der Waals surface area contributed by atoms with E-state index >= 15 is 0 Å². The highest BCUT2D eigenvalue weighted by molar-refractivity contribution is 9.10. The van der Waals surface area contributed by atoms with Crippen LogP contribution >= 0.6 is 15.9 Å². The molecule has 0 heterocycles. The largest absolute Gasteiger partial charge is 0.396 e. The van der Waals surface area contributed by atoms with E-state index in [0.717, 1.165) is 16.5 Å². The van der Waals surface area contributed by atoms with E-state index in [4.69, 9.17) is 5.11 Å². The van der Waals surface area contributed by atoms with E-state index in [1.54, 1.807) is 0 Å². The fourth-order valence-corrected chi connectivity index (χ4v) is 2.49. The smallest absolute Gasteiger partial charge is 0.315 e. The number of rotatable bonds is 6. The van der Waals surface area contributed by atoms with Crippen LogP contribution in [0.5, 0.6) is 0 Å². The third-order valence-electron chi connectivity index (χ3n) is 3.02. The highest BCUT2D eigenvalue weighted by Gasteiger charge is 2.14. The minimum atomic E-state index is -0.205. The van der Waals surface area contributed by atoms with Crippen molar-refractivity contribution < 1.29 is 9.90 Å². The second-order valence-electron chi connectivity index (χ2n) is 4.48. The molecule has 0 aliphatic heterocycles. The molecule has 2 atom stereocenters. The molecule has 0 aliphatic rings. The van der Waals surface area contributed by atoms with Gasteiger partial charge in [0.25, 0.3) is 0 Å². The fraction of sp³-hybridized carbons (Fsp3) is 0.500. The summed E-state index contributed by atoms with van der Waals surface area (Å²) in [5.74, 6) is 0. The number of carbonyl (C=O) groups excluding carboxylic acids is 1. The standard InChI is InChI=1S/C14H21BrN2O2/c1-3-11(8-9-18)17-14(19)16-10(2)12-6-4-5-7-13(12)15/h4-7,10-11,18H,3,8-9H2,1-2H3,(H2,16,17,19). The van der Waals surface area contributed by atoms with Crippen molar-refractivity contribution in [2.75, 3.05) is 6.61 Å². The van der Waals surface area contributed by atoms with Crippen LogP contribution in [-0.4, -0.2) is 23.8 Å². The zero-order valence-corrected chi connectivity index (χ0v) is 12.9. The summed E-state index contributed by atoms with van der Waals surface area (Å²) >= 11 is 3.47. The SMILES string of the molecule is CCC(CCO)NC(=O)NC(C)c1ccccc1Br. The van der Waals surface area contributed by atoms with Gasteiger partial charge in [0, 0.05) is 17.1 Å². The first-order valence-electron chi connectivity index (χ1n) is 6.50. The number of urea groups is 1. The molecule has 1 aromatic rings. The van der Waals surface area contributed by atoms with Gasteiger partial charge >= 0.3 is 6.03 Å². The monoisotopic (exact) mass is 328 g/mol. The summed E-state index contributed by atoms with van der Waals surface area (Å²) in [6, 6.07) is 7.53. The summed E-state index contributed by atoms with van der Waals surface area (Å²) in [4.78, 5) is 11.9. The van der Waals surface area contributed by atoms with Gasteiger partial charge in [-0.05, 0) is 31.4 Å². The van der Waals surface area contributed by atoms with Crippen molar-refractivity contribution in [2.45, 2.75) is 38.8 Å². The molecule has 2 amide bonds. The van der Waals surface area contributed by atoms with E-state index in [9.17, 15) is 4.79 Å². The molecular formula is C14H21BrN2O2. The van der Waals surface area contributed by atoms with Crippen LogP contribution in [0.1, 0.15) is 38.3 Å². The summed E-state index contributed by atoms with van der Waals surface area (Å²) in [5, 5.41) is 14.7. The first kappa shape index (κ1) is 16.0. The van der Waals surface area contributed by atoms with Crippen molar-refractivity contribution in [3.63, 3.8) is 0 Å². The van der Waals surface area contributed by atoms with Gasteiger partial charge in [0.15, 0.2) is 0 Å². The third kappa shape index (κ3) is 5.20. The molecule has 1 rings (SSSR count). The fourth-order valence-electron chi connectivity index (χ4n) is 1.86.